The number of aryl methyl sites for hydroxylation is 1. The van der Waals surface area contributed by atoms with E-state index in [-0.39, 0.29) is 0 Å². The minimum atomic E-state index is 0.587. The fourth-order valence-electron chi connectivity index (χ4n) is 2.47. The van der Waals surface area contributed by atoms with Crippen LogP contribution in [0.2, 0.25) is 5.02 Å². The second-order valence-corrected chi connectivity index (χ2v) is 5.65. The largest absolute Gasteiger partial charge is 0.326 e. The van der Waals surface area contributed by atoms with E-state index in [1.54, 1.807) is 0 Å². The number of fused-ring (bicyclic) bond motifs is 1. The van der Waals surface area contributed by atoms with Crippen molar-refractivity contribution in [1.82, 2.24) is 9.55 Å². The van der Waals surface area contributed by atoms with Crippen molar-refractivity contribution in [2.24, 2.45) is 5.92 Å². The predicted molar refractivity (Wildman–Crippen MR) is 83.2 cm³/mol. The van der Waals surface area contributed by atoms with Crippen molar-refractivity contribution in [3.63, 3.8) is 0 Å². The molecule has 0 saturated heterocycles. The fraction of sp³-hybridized carbons (Fsp3) is 0.533. The highest BCUT2D eigenvalue weighted by Gasteiger charge is 2.15. The number of halogens is 2. The first-order valence-corrected chi connectivity index (χ1v) is 7.82. The first-order chi connectivity index (χ1) is 9.21. The number of hydrogen-bond acceptors (Lipinski definition) is 1. The second kappa shape index (κ2) is 6.62. The van der Waals surface area contributed by atoms with Crippen LogP contribution in [0.5, 0.6) is 0 Å². The highest BCUT2D eigenvalue weighted by molar-refractivity contribution is 6.35. The molecule has 0 spiro atoms. The number of nitrogens with zero attached hydrogens (tertiary/aromatic N) is 2. The Kier molecular flexibility index (Phi) is 5.12. The predicted octanol–water partition coefficient (Wildman–Crippen LogP) is 4.91. The third-order valence-corrected chi connectivity index (χ3v) is 4.20. The summed E-state index contributed by atoms with van der Waals surface area (Å²) in [4.78, 5) is 4.68. The van der Waals surface area contributed by atoms with E-state index in [4.69, 9.17) is 23.2 Å². The average molecular weight is 299 g/mol. The Bertz CT molecular complexity index is 544. The summed E-state index contributed by atoms with van der Waals surface area (Å²) in [7, 11) is 0. The normalized spacial score (nSPS) is 11.6. The highest BCUT2D eigenvalue weighted by Crippen LogP contribution is 2.27. The number of para-hydroxylation sites is 1. The molecule has 0 atom stereocenters. The smallest absolute Gasteiger partial charge is 0.111 e. The maximum absolute atomic E-state index is 6.35. The topological polar surface area (TPSA) is 17.8 Å². The molecule has 1 aromatic heterocycles. The minimum Gasteiger partial charge on any atom is -0.326 e. The lowest BCUT2D eigenvalue weighted by Gasteiger charge is -2.16. The van der Waals surface area contributed by atoms with Crippen LogP contribution in [0.15, 0.2) is 18.2 Å². The molecule has 104 valence electrons. The van der Waals surface area contributed by atoms with Crippen LogP contribution >= 0.6 is 23.2 Å². The van der Waals surface area contributed by atoms with Gasteiger partial charge in [-0.25, -0.2) is 4.98 Å². The maximum atomic E-state index is 6.35. The molecule has 0 amide bonds. The molecule has 2 aromatic rings. The lowest BCUT2D eigenvalue weighted by molar-refractivity contribution is 0.417. The molecule has 1 aromatic carbocycles. The summed E-state index contributed by atoms with van der Waals surface area (Å²) < 4.78 is 2.26. The molecule has 0 aliphatic heterocycles. The van der Waals surface area contributed by atoms with Gasteiger partial charge in [0.15, 0.2) is 0 Å². The highest BCUT2D eigenvalue weighted by atomic mass is 35.5. The number of hydrogen-bond donors (Lipinski definition) is 0. The Balaban J connectivity index is 2.50. The molecule has 0 saturated carbocycles. The molecule has 0 radical (unpaired) electrons. The van der Waals surface area contributed by atoms with Crippen LogP contribution in [0.4, 0.5) is 0 Å². The molecule has 4 heteroatoms. The van der Waals surface area contributed by atoms with E-state index in [2.05, 4.69) is 23.4 Å². The monoisotopic (exact) mass is 298 g/mol. The van der Waals surface area contributed by atoms with Crippen molar-refractivity contribution < 1.29 is 0 Å². The summed E-state index contributed by atoms with van der Waals surface area (Å²) in [6, 6.07) is 5.89. The summed E-state index contributed by atoms with van der Waals surface area (Å²) in [5, 5.41) is 0.775. The van der Waals surface area contributed by atoms with Crippen LogP contribution in [0.3, 0.4) is 0 Å². The van der Waals surface area contributed by atoms with Gasteiger partial charge in [0.05, 0.1) is 16.1 Å². The Morgan fingerprint density at radius 1 is 1.26 bits per heavy atom. The van der Waals surface area contributed by atoms with E-state index in [0.717, 1.165) is 34.8 Å². The number of alkyl halides is 1. The summed E-state index contributed by atoms with van der Waals surface area (Å²) >= 11 is 12.2. The standard InChI is InChI=1S/C15H20Cl2N2/c1-3-11(4-2)10-19-14(8-9-16)18-13-7-5-6-12(17)15(13)19/h5-7,11H,3-4,8-10H2,1-2H3. The quantitative estimate of drug-likeness (QED) is 0.693. The van der Waals surface area contributed by atoms with E-state index < -0.39 is 0 Å². The van der Waals surface area contributed by atoms with Crippen LogP contribution in [0.1, 0.15) is 32.5 Å². The SMILES string of the molecule is CCC(CC)Cn1c(CCCl)nc2cccc(Cl)c21. The molecule has 0 aliphatic rings. The second-order valence-electron chi connectivity index (χ2n) is 4.87. The molecule has 0 fully saturated rings. The lowest BCUT2D eigenvalue weighted by atomic mass is 10.0. The Morgan fingerprint density at radius 2 is 2.00 bits per heavy atom. The number of benzene rings is 1. The molecule has 0 bridgehead atoms. The van der Waals surface area contributed by atoms with Crippen molar-refractivity contribution in [3.8, 4) is 0 Å². The van der Waals surface area contributed by atoms with Gasteiger partial charge in [0.25, 0.3) is 0 Å². The Labute approximate surface area is 124 Å². The van der Waals surface area contributed by atoms with Crippen LogP contribution < -0.4 is 0 Å². The third kappa shape index (κ3) is 3.06. The number of rotatable bonds is 6. The molecular weight excluding hydrogens is 279 g/mol. The Hall–Kier alpha value is -0.730. The molecule has 2 nitrogen and oxygen atoms in total. The molecule has 1 heterocycles. The van der Waals surface area contributed by atoms with Crippen molar-refractivity contribution in [2.75, 3.05) is 5.88 Å². The average Bonchev–Trinajstić information content (AvgIpc) is 2.75. The van der Waals surface area contributed by atoms with Crippen LogP contribution in [-0.2, 0) is 13.0 Å². The fourth-order valence-corrected chi connectivity index (χ4v) is 2.91. The van der Waals surface area contributed by atoms with E-state index in [1.165, 1.54) is 12.8 Å². The molecule has 19 heavy (non-hydrogen) atoms. The van der Waals surface area contributed by atoms with E-state index in [0.29, 0.717) is 11.8 Å². The van der Waals surface area contributed by atoms with Crippen molar-refractivity contribution >= 4 is 34.2 Å². The first-order valence-electron chi connectivity index (χ1n) is 6.90. The van der Waals surface area contributed by atoms with Crippen LogP contribution in [0, 0.1) is 5.92 Å². The van der Waals surface area contributed by atoms with E-state index >= 15 is 0 Å². The molecule has 0 aliphatic carbocycles. The van der Waals surface area contributed by atoms with E-state index in [1.807, 2.05) is 18.2 Å². The zero-order valence-corrected chi connectivity index (χ0v) is 13.0. The summed E-state index contributed by atoms with van der Waals surface area (Å²) in [5.74, 6) is 2.29. The van der Waals surface area contributed by atoms with Crippen molar-refractivity contribution in [1.29, 1.82) is 0 Å². The van der Waals surface area contributed by atoms with Gasteiger partial charge in [-0.3, -0.25) is 0 Å². The van der Waals surface area contributed by atoms with Gasteiger partial charge in [-0.15, -0.1) is 11.6 Å². The van der Waals surface area contributed by atoms with E-state index in [9.17, 15) is 0 Å². The number of aromatic nitrogens is 2. The molecule has 0 unspecified atom stereocenters. The molecule has 2 rings (SSSR count). The minimum absolute atomic E-state index is 0.587. The molecular formula is C15H20Cl2N2. The van der Waals surface area contributed by atoms with Crippen LogP contribution in [-0.4, -0.2) is 15.4 Å². The van der Waals surface area contributed by atoms with Gasteiger partial charge in [-0.05, 0) is 18.1 Å². The van der Waals surface area contributed by atoms with Crippen LogP contribution in [0.25, 0.3) is 11.0 Å². The Morgan fingerprint density at radius 3 is 2.63 bits per heavy atom. The molecule has 0 N–H and O–H groups in total. The zero-order chi connectivity index (χ0) is 13.8. The van der Waals surface area contributed by atoms with Gasteiger partial charge >= 0.3 is 0 Å². The summed E-state index contributed by atoms with van der Waals surface area (Å²) in [5.41, 5.74) is 2.02. The van der Waals surface area contributed by atoms with Gasteiger partial charge in [0, 0.05) is 18.8 Å². The van der Waals surface area contributed by atoms with Gasteiger partial charge < -0.3 is 4.57 Å². The van der Waals surface area contributed by atoms with Gasteiger partial charge in [-0.1, -0.05) is 44.4 Å². The van der Waals surface area contributed by atoms with Crippen molar-refractivity contribution in [3.05, 3.63) is 29.0 Å². The third-order valence-electron chi connectivity index (χ3n) is 3.71. The summed E-state index contributed by atoms with van der Waals surface area (Å²) in [6.45, 7) is 5.44. The maximum Gasteiger partial charge on any atom is 0.111 e. The summed E-state index contributed by atoms with van der Waals surface area (Å²) in [6.07, 6.45) is 3.12. The zero-order valence-electron chi connectivity index (χ0n) is 11.5. The van der Waals surface area contributed by atoms with Gasteiger partial charge in [-0.2, -0.15) is 0 Å². The van der Waals surface area contributed by atoms with Gasteiger partial charge in [0.1, 0.15) is 5.82 Å². The van der Waals surface area contributed by atoms with Crippen molar-refractivity contribution in [2.45, 2.75) is 39.7 Å². The van der Waals surface area contributed by atoms with Gasteiger partial charge in [0.2, 0.25) is 0 Å². The first kappa shape index (κ1) is 14.7. The lowest BCUT2D eigenvalue weighted by Crippen LogP contribution is -2.12. The number of imidazole rings is 1.